The minimum Gasteiger partial charge on any atom is -0.496 e. The molecule has 0 saturated carbocycles. The van der Waals surface area contributed by atoms with Crippen LogP contribution in [0.5, 0.6) is 11.5 Å². The molecule has 1 aromatic carbocycles. The van der Waals surface area contributed by atoms with E-state index in [-0.39, 0.29) is 13.2 Å². The standard InChI is InChI=1S/C14H24O10P2/c1-17-13-7-12(10-24-26(16,21-5)22-6)14(18-2)8-11(13)9-23-25(15,19-3)20-4/h7-8H,9-10H2,1-6H3. The van der Waals surface area contributed by atoms with Crippen molar-refractivity contribution in [2.75, 3.05) is 42.7 Å². The van der Waals surface area contributed by atoms with E-state index in [0.29, 0.717) is 22.6 Å². The molecule has 0 aromatic heterocycles. The second kappa shape index (κ2) is 10.4. The van der Waals surface area contributed by atoms with Gasteiger partial charge in [0, 0.05) is 39.6 Å². The van der Waals surface area contributed by atoms with Gasteiger partial charge < -0.3 is 9.47 Å². The third-order valence-corrected chi connectivity index (χ3v) is 6.01. The van der Waals surface area contributed by atoms with Crippen molar-refractivity contribution >= 4 is 15.6 Å². The second-order valence-electron chi connectivity index (χ2n) is 4.65. The molecule has 0 fully saturated rings. The summed E-state index contributed by atoms with van der Waals surface area (Å²) in [5.74, 6) is 0.820. The van der Waals surface area contributed by atoms with Gasteiger partial charge in [0.2, 0.25) is 0 Å². The Morgan fingerprint density at radius 3 is 1.19 bits per heavy atom. The quantitative estimate of drug-likeness (QED) is 0.471. The number of ether oxygens (including phenoxy) is 2. The first-order valence-electron chi connectivity index (χ1n) is 7.26. The number of phosphoric ester groups is 2. The summed E-state index contributed by atoms with van der Waals surface area (Å²) in [5.41, 5.74) is 1.06. The Balaban J connectivity index is 3.06. The van der Waals surface area contributed by atoms with Crippen molar-refractivity contribution in [3.05, 3.63) is 23.3 Å². The van der Waals surface area contributed by atoms with Crippen LogP contribution < -0.4 is 9.47 Å². The van der Waals surface area contributed by atoms with Crippen molar-refractivity contribution in [3.8, 4) is 11.5 Å². The Kier molecular flexibility index (Phi) is 9.23. The van der Waals surface area contributed by atoms with Gasteiger partial charge in [-0.1, -0.05) is 0 Å². The fourth-order valence-electron chi connectivity index (χ4n) is 1.91. The van der Waals surface area contributed by atoms with Crippen molar-refractivity contribution in [1.82, 2.24) is 0 Å². The minimum atomic E-state index is -3.65. The highest BCUT2D eigenvalue weighted by Crippen LogP contribution is 2.50. The van der Waals surface area contributed by atoms with Crippen LogP contribution in [0.4, 0.5) is 0 Å². The molecule has 0 bridgehead atoms. The van der Waals surface area contributed by atoms with Gasteiger partial charge in [0.05, 0.1) is 27.4 Å². The fraction of sp³-hybridized carbons (Fsp3) is 0.571. The number of phosphoric acid groups is 2. The summed E-state index contributed by atoms with van der Waals surface area (Å²) in [6.07, 6.45) is 0. The van der Waals surface area contributed by atoms with Crippen LogP contribution in [-0.4, -0.2) is 42.7 Å². The zero-order valence-corrected chi connectivity index (χ0v) is 17.3. The van der Waals surface area contributed by atoms with E-state index in [9.17, 15) is 9.13 Å². The predicted octanol–water partition coefficient (Wildman–Crippen LogP) is 3.54. The largest absolute Gasteiger partial charge is 0.496 e. The summed E-state index contributed by atoms with van der Waals surface area (Å²) in [4.78, 5) is 0. The van der Waals surface area contributed by atoms with Gasteiger partial charge in [-0.2, -0.15) is 0 Å². The van der Waals surface area contributed by atoms with Crippen LogP contribution in [0.3, 0.4) is 0 Å². The average Bonchev–Trinajstić information content (AvgIpc) is 2.69. The molecule has 150 valence electrons. The van der Waals surface area contributed by atoms with Crippen molar-refractivity contribution < 1.29 is 45.7 Å². The SMILES string of the molecule is COc1cc(COP(=O)(OC)OC)c(OC)cc1COP(=O)(OC)OC. The van der Waals surface area contributed by atoms with Crippen LogP contribution in [0, 0.1) is 0 Å². The average molecular weight is 414 g/mol. The molecule has 0 heterocycles. The normalized spacial score (nSPS) is 12.2. The third kappa shape index (κ3) is 6.04. The molecular weight excluding hydrogens is 390 g/mol. The van der Waals surface area contributed by atoms with E-state index in [1.54, 1.807) is 12.1 Å². The van der Waals surface area contributed by atoms with E-state index in [4.69, 9.17) is 36.6 Å². The first-order valence-corrected chi connectivity index (χ1v) is 10.2. The predicted molar refractivity (Wildman–Crippen MR) is 92.4 cm³/mol. The summed E-state index contributed by atoms with van der Waals surface area (Å²) in [6, 6.07) is 3.22. The summed E-state index contributed by atoms with van der Waals surface area (Å²) < 4.78 is 63.9. The molecule has 1 aromatic rings. The van der Waals surface area contributed by atoms with Crippen molar-refractivity contribution in [2.45, 2.75) is 13.2 Å². The number of rotatable bonds is 12. The van der Waals surface area contributed by atoms with Crippen LogP contribution in [0.2, 0.25) is 0 Å². The molecule has 0 saturated heterocycles. The Labute approximate surface area is 152 Å². The first-order chi connectivity index (χ1) is 12.3. The summed E-state index contributed by atoms with van der Waals surface area (Å²) in [6.45, 7) is -0.234. The summed E-state index contributed by atoms with van der Waals surface area (Å²) in [7, 11) is 0.477. The molecule has 26 heavy (non-hydrogen) atoms. The Morgan fingerprint density at radius 2 is 0.962 bits per heavy atom. The molecule has 0 atom stereocenters. The highest BCUT2D eigenvalue weighted by atomic mass is 31.2. The zero-order valence-electron chi connectivity index (χ0n) is 15.5. The number of hydrogen-bond donors (Lipinski definition) is 0. The molecule has 0 amide bonds. The van der Waals surface area contributed by atoms with Crippen LogP contribution in [0.25, 0.3) is 0 Å². The number of methoxy groups -OCH3 is 2. The molecule has 0 aliphatic heterocycles. The van der Waals surface area contributed by atoms with Crippen molar-refractivity contribution in [1.29, 1.82) is 0 Å². The highest BCUT2D eigenvalue weighted by Gasteiger charge is 2.26. The lowest BCUT2D eigenvalue weighted by molar-refractivity contribution is 0.142. The topological polar surface area (TPSA) is 108 Å². The van der Waals surface area contributed by atoms with E-state index in [2.05, 4.69) is 0 Å². The van der Waals surface area contributed by atoms with E-state index >= 15 is 0 Å². The van der Waals surface area contributed by atoms with Crippen LogP contribution in [0.15, 0.2) is 12.1 Å². The third-order valence-electron chi connectivity index (χ3n) is 3.33. The monoisotopic (exact) mass is 414 g/mol. The lowest BCUT2D eigenvalue weighted by Crippen LogP contribution is -2.03. The second-order valence-corrected chi connectivity index (χ2v) is 8.41. The van der Waals surface area contributed by atoms with Gasteiger partial charge in [0.1, 0.15) is 11.5 Å². The molecule has 0 N–H and O–H groups in total. The molecule has 10 nitrogen and oxygen atoms in total. The molecule has 0 aliphatic rings. The van der Waals surface area contributed by atoms with E-state index < -0.39 is 15.6 Å². The minimum absolute atomic E-state index is 0.117. The maximum Gasteiger partial charge on any atom is 0.474 e. The molecule has 0 spiro atoms. The Hall–Kier alpha value is -0.960. The molecule has 12 heteroatoms. The van der Waals surface area contributed by atoms with Crippen LogP contribution >= 0.6 is 15.6 Å². The molecule has 0 unspecified atom stereocenters. The summed E-state index contributed by atoms with van der Waals surface area (Å²) >= 11 is 0. The van der Waals surface area contributed by atoms with E-state index in [0.717, 1.165) is 0 Å². The zero-order chi connectivity index (χ0) is 19.8. The van der Waals surface area contributed by atoms with Gasteiger partial charge in [-0.15, -0.1) is 0 Å². The van der Waals surface area contributed by atoms with Gasteiger partial charge in [0.15, 0.2) is 0 Å². The maximum absolute atomic E-state index is 12.0. The molecular formula is C14H24O10P2. The van der Waals surface area contributed by atoms with Crippen molar-refractivity contribution in [2.24, 2.45) is 0 Å². The fourth-order valence-corrected chi connectivity index (χ4v) is 3.22. The van der Waals surface area contributed by atoms with Crippen LogP contribution in [-0.2, 0) is 49.5 Å². The van der Waals surface area contributed by atoms with Gasteiger partial charge in [0.25, 0.3) is 0 Å². The summed E-state index contributed by atoms with van der Waals surface area (Å²) in [5, 5.41) is 0. The van der Waals surface area contributed by atoms with E-state index in [1.165, 1.54) is 42.7 Å². The highest BCUT2D eigenvalue weighted by molar-refractivity contribution is 7.48. The lowest BCUT2D eigenvalue weighted by atomic mass is 10.1. The van der Waals surface area contributed by atoms with Gasteiger partial charge in [-0.05, 0) is 12.1 Å². The molecule has 1 rings (SSSR count). The molecule has 0 radical (unpaired) electrons. The number of benzene rings is 1. The lowest BCUT2D eigenvalue weighted by Gasteiger charge is -2.18. The van der Waals surface area contributed by atoms with E-state index in [1.807, 2.05) is 0 Å². The van der Waals surface area contributed by atoms with Gasteiger partial charge in [-0.25, -0.2) is 9.13 Å². The number of hydrogen-bond acceptors (Lipinski definition) is 10. The van der Waals surface area contributed by atoms with Gasteiger partial charge >= 0.3 is 15.6 Å². The van der Waals surface area contributed by atoms with Crippen LogP contribution in [0.1, 0.15) is 11.1 Å². The van der Waals surface area contributed by atoms with Gasteiger partial charge in [-0.3, -0.25) is 27.1 Å². The smallest absolute Gasteiger partial charge is 0.474 e. The van der Waals surface area contributed by atoms with Crippen molar-refractivity contribution in [3.63, 3.8) is 0 Å². The Morgan fingerprint density at radius 1 is 0.654 bits per heavy atom. The maximum atomic E-state index is 12.0. The molecule has 0 aliphatic carbocycles. The first kappa shape index (κ1) is 23.1. The Bertz CT molecular complexity index is 604.